The van der Waals surface area contributed by atoms with Gasteiger partial charge in [-0.1, -0.05) is 0 Å². The third-order valence-corrected chi connectivity index (χ3v) is 3.75. The lowest BCUT2D eigenvalue weighted by Crippen LogP contribution is -2.36. The maximum absolute atomic E-state index is 12.1. The van der Waals surface area contributed by atoms with Crippen molar-refractivity contribution in [3.63, 3.8) is 0 Å². The molecule has 0 fully saturated rings. The predicted octanol–water partition coefficient (Wildman–Crippen LogP) is 1.24. The maximum atomic E-state index is 12.1. The van der Waals surface area contributed by atoms with Gasteiger partial charge in [0, 0.05) is 18.2 Å². The first-order chi connectivity index (χ1) is 9.97. The lowest BCUT2D eigenvalue weighted by Gasteiger charge is -2.17. The average molecular weight is 292 g/mol. The second kappa shape index (κ2) is 6.56. The van der Waals surface area contributed by atoms with Crippen LogP contribution in [0.15, 0.2) is 10.9 Å². The van der Waals surface area contributed by atoms with Crippen LogP contribution in [0.1, 0.15) is 54.2 Å². The van der Waals surface area contributed by atoms with Crippen LogP contribution in [0, 0.1) is 0 Å². The summed E-state index contributed by atoms with van der Waals surface area (Å²) in [4.78, 5) is 37.4. The molecule has 1 unspecified atom stereocenters. The highest BCUT2D eigenvalue weighted by Gasteiger charge is 2.18. The van der Waals surface area contributed by atoms with E-state index < -0.39 is 11.9 Å². The summed E-state index contributed by atoms with van der Waals surface area (Å²) in [6.07, 6.45) is 4.17. The summed E-state index contributed by atoms with van der Waals surface area (Å²) in [7, 11) is 0. The standard InChI is InChI=1S/C15H20N2O4/c1-9(6-7-13(18)19)16-14(20)11-8-10-4-2-3-5-12(10)17-15(11)21/h8-9H,2-7H2,1H3,(H,16,20)(H,17,21)(H,18,19). The quantitative estimate of drug-likeness (QED) is 0.760. The first-order valence-electron chi connectivity index (χ1n) is 7.25. The number of carboxylic acids is 1. The number of hydrogen-bond acceptors (Lipinski definition) is 3. The van der Waals surface area contributed by atoms with Crippen LogP contribution in [0.5, 0.6) is 0 Å². The van der Waals surface area contributed by atoms with Crippen molar-refractivity contribution in [2.75, 3.05) is 0 Å². The minimum absolute atomic E-state index is 0.0119. The number of aryl methyl sites for hydroxylation is 2. The molecule has 3 N–H and O–H groups in total. The number of aliphatic carboxylic acids is 1. The van der Waals surface area contributed by atoms with Gasteiger partial charge in [0.2, 0.25) is 0 Å². The lowest BCUT2D eigenvalue weighted by molar-refractivity contribution is -0.137. The zero-order valence-corrected chi connectivity index (χ0v) is 12.1. The maximum Gasteiger partial charge on any atom is 0.303 e. The van der Waals surface area contributed by atoms with E-state index in [1.54, 1.807) is 13.0 Å². The molecule has 1 aliphatic rings. The summed E-state index contributed by atoms with van der Waals surface area (Å²) in [6, 6.07) is 1.39. The van der Waals surface area contributed by atoms with Crippen LogP contribution in [0.4, 0.5) is 0 Å². The highest BCUT2D eigenvalue weighted by molar-refractivity contribution is 5.94. The fraction of sp³-hybridized carbons (Fsp3) is 0.533. The van der Waals surface area contributed by atoms with Crippen LogP contribution < -0.4 is 10.9 Å². The summed E-state index contributed by atoms with van der Waals surface area (Å²) >= 11 is 0. The van der Waals surface area contributed by atoms with E-state index in [-0.39, 0.29) is 23.6 Å². The van der Waals surface area contributed by atoms with Crippen molar-refractivity contribution >= 4 is 11.9 Å². The minimum Gasteiger partial charge on any atom is -0.481 e. The van der Waals surface area contributed by atoms with E-state index in [1.165, 1.54) is 0 Å². The Kier molecular flexibility index (Phi) is 4.77. The number of aromatic amines is 1. The second-order valence-corrected chi connectivity index (χ2v) is 5.53. The summed E-state index contributed by atoms with van der Waals surface area (Å²) in [5.74, 6) is -1.34. The van der Waals surface area contributed by atoms with E-state index in [1.807, 2.05) is 0 Å². The van der Waals surface area contributed by atoms with Gasteiger partial charge in [0.15, 0.2) is 0 Å². The van der Waals surface area contributed by atoms with Gasteiger partial charge in [0.05, 0.1) is 0 Å². The summed E-state index contributed by atoms with van der Waals surface area (Å²) in [5.41, 5.74) is 1.70. The van der Waals surface area contributed by atoms with Crippen LogP contribution in [-0.2, 0) is 17.6 Å². The second-order valence-electron chi connectivity index (χ2n) is 5.53. The Morgan fingerprint density at radius 2 is 2.10 bits per heavy atom. The van der Waals surface area contributed by atoms with Gasteiger partial charge in [0.25, 0.3) is 11.5 Å². The van der Waals surface area contributed by atoms with Gasteiger partial charge in [-0.25, -0.2) is 0 Å². The number of aromatic nitrogens is 1. The predicted molar refractivity (Wildman–Crippen MR) is 77.5 cm³/mol. The molecule has 2 rings (SSSR count). The molecule has 0 saturated heterocycles. The molecule has 0 radical (unpaired) electrons. The van der Waals surface area contributed by atoms with Crippen LogP contribution in [-0.4, -0.2) is 28.0 Å². The van der Waals surface area contributed by atoms with Gasteiger partial charge in [0.1, 0.15) is 5.56 Å². The molecule has 21 heavy (non-hydrogen) atoms. The van der Waals surface area contributed by atoms with Crippen molar-refractivity contribution in [1.29, 1.82) is 0 Å². The third kappa shape index (κ3) is 3.93. The number of hydrogen-bond donors (Lipinski definition) is 3. The number of fused-ring (bicyclic) bond motifs is 1. The van der Waals surface area contributed by atoms with Crippen molar-refractivity contribution in [1.82, 2.24) is 10.3 Å². The lowest BCUT2D eigenvalue weighted by atomic mass is 9.95. The van der Waals surface area contributed by atoms with E-state index in [0.29, 0.717) is 6.42 Å². The molecule has 1 aromatic rings. The topological polar surface area (TPSA) is 99.3 Å². The number of rotatable bonds is 5. The van der Waals surface area contributed by atoms with Gasteiger partial charge < -0.3 is 15.4 Å². The van der Waals surface area contributed by atoms with Gasteiger partial charge in [-0.2, -0.15) is 0 Å². The molecule has 114 valence electrons. The number of carboxylic acid groups (broad SMARTS) is 1. The van der Waals surface area contributed by atoms with Gasteiger partial charge in [-0.05, 0) is 50.7 Å². The van der Waals surface area contributed by atoms with Crippen LogP contribution in [0.25, 0.3) is 0 Å². The molecule has 1 aromatic heterocycles. The smallest absolute Gasteiger partial charge is 0.303 e. The molecule has 0 aliphatic heterocycles. The van der Waals surface area contributed by atoms with Crippen LogP contribution in [0.2, 0.25) is 0 Å². The van der Waals surface area contributed by atoms with Crippen molar-refractivity contribution in [2.24, 2.45) is 0 Å². The molecule has 0 bridgehead atoms. The number of amides is 1. The zero-order valence-electron chi connectivity index (χ0n) is 12.1. The van der Waals surface area contributed by atoms with Crippen molar-refractivity contribution in [2.45, 2.75) is 51.5 Å². The highest BCUT2D eigenvalue weighted by atomic mass is 16.4. The molecular weight excluding hydrogens is 272 g/mol. The first kappa shape index (κ1) is 15.3. The van der Waals surface area contributed by atoms with Crippen LogP contribution >= 0.6 is 0 Å². The number of carbonyl (C=O) groups is 2. The Morgan fingerprint density at radius 3 is 2.81 bits per heavy atom. The summed E-state index contributed by atoms with van der Waals surface area (Å²) < 4.78 is 0. The molecule has 1 amide bonds. The monoisotopic (exact) mass is 292 g/mol. The average Bonchev–Trinajstić information content (AvgIpc) is 2.44. The number of nitrogens with one attached hydrogen (secondary N) is 2. The molecule has 0 saturated carbocycles. The summed E-state index contributed by atoms with van der Waals surface area (Å²) in [5, 5.41) is 11.3. The zero-order chi connectivity index (χ0) is 15.4. The van der Waals surface area contributed by atoms with Gasteiger partial charge in [-0.3, -0.25) is 14.4 Å². The Balaban J connectivity index is 2.08. The Morgan fingerprint density at radius 1 is 1.38 bits per heavy atom. The van der Waals surface area contributed by atoms with E-state index in [2.05, 4.69) is 10.3 Å². The molecule has 0 spiro atoms. The van der Waals surface area contributed by atoms with Crippen molar-refractivity contribution < 1.29 is 14.7 Å². The number of carbonyl (C=O) groups excluding carboxylic acids is 1. The third-order valence-electron chi connectivity index (χ3n) is 3.75. The SMILES string of the molecule is CC(CCC(=O)O)NC(=O)c1cc2c([nH]c1=O)CCCC2. The number of pyridine rings is 1. The molecule has 0 aromatic carbocycles. The Hall–Kier alpha value is -2.11. The van der Waals surface area contributed by atoms with E-state index in [4.69, 9.17) is 5.11 Å². The Labute approximate surface area is 122 Å². The van der Waals surface area contributed by atoms with Gasteiger partial charge in [-0.15, -0.1) is 0 Å². The van der Waals surface area contributed by atoms with Crippen molar-refractivity contribution in [3.05, 3.63) is 33.2 Å². The molecule has 1 atom stereocenters. The largest absolute Gasteiger partial charge is 0.481 e. The highest BCUT2D eigenvalue weighted by Crippen LogP contribution is 2.18. The Bertz CT molecular complexity index is 606. The van der Waals surface area contributed by atoms with Gasteiger partial charge >= 0.3 is 5.97 Å². The molecule has 6 heteroatoms. The molecule has 1 aliphatic carbocycles. The van der Waals surface area contributed by atoms with E-state index >= 15 is 0 Å². The fourth-order valence-electron chi connectivity index (χ4n) is 2.56. The molecule has 1 heterocycles. The van der Waals surface area contributed by atoms with E-state index in [9.17, 15) is 14.4 Å². The normalized spacial score (nSPS) is 15.1. The van der Waals surface area contributed by atoms with Crippen molar-refractivity contribution in [3.8, 4) is 0 Å². The minimum atomic E-state index is -0.900. The molecular formula is C15H20N2O4. The molecule has 6 nitrogen and oxygen atoms in total. The van der Waals surface area contributed by atoms with E-state index in [0.717, 1.165) is 36.9 Å². The first-order valence-corrected chi connectivity index (χ1v) is 7.25. The van der Waals surface area contributed by atoms with Crippen LogP contribution in [0.3, 0.4) is 0 Å². The number of H-pyrrole nitrogens is 1. The summed E-state index contributed by atoms with van der Waals surface area (Å²) in [6.45, 7) is 1.73. The fourth-order valence-corrected chi connectivity index (χ4v) is 2.56.